The summed E-state index contributed by atoms with van der Waals surface area (Å²) in [7, 11) is 1.39. The molecule has 0 N–H and O–H groups in total. The monoisotopic (exact) mass is 498 g/mol. The van der Waals surface area contributed by atoms with Crippen molar-refractivity contribution in [3.05, 3.63) is 83.2 Å². The highest BCUT2D eigenvalue weighted by Gasteiger charge is 2.23. The van der Waals surface area contributed by atoms with Crippen molar-refractivity contribution in [2.45, 2.75) is 59.5 Å². The Balaban J connectivity index is 1.84. The van der Waals surface area contributed by atoms with E-state index < -0.39 is 11.6 Å². The molecule has 0 atom stereocenters. The Kier molecular flexibility index (Phi) is 7.48. The highest BCUT2D eigenvalue weighted by molar-refractivity contribution is 6.04. The molecule has 1 heterocycles. The van der Waals surface area contributed by atoms with Gasteiger partial charge in [-0.25, -0.2) is 14.6 Å². The van der Waals surface area contributed by atoms with Crippen molar-refractivity contribution in [2.75, 3.05) is 7.11 Å². The number of methoxy groups -OCH3 is 1. The summed E-state index contributed by atoms with van der Waals surface area (Å²) in [4.78, 5) is 30.5. The first kappa shape index (κ1) is 26.1. The van der Waals surface area contributed by atoms with E-state index in [1.807, 2.05) is 76.2 Å². The number of aryl methyl sites for hydroxylation is 2. The lowest BCUT2D eigenvalue weighted by molar-refractivity contribution is 0.00702. The Morgan fingerprint density at radius 2 is 1.62 bits per heavy atom. The second kappa shape index (κ2) is 10.6. The molecule has 4 rings (SSSR count). The van der Waals surface area contributed by atoms with Gasteiger partial charge in [0.2, 0.25) is 0 Å². The minimum absolute atomic E-state index is 0.354. The molecule has 0 spiro atoms. The van der Waals surface area contributed by atoms with E-state index in [9.17, 15) is 9.59 Å². The lowest BCUT2D eigenvalue weighted by Gasteiger charge is -2.20. The third-order valence-electron chi connectivity index (χ3n) is 6.22. The van der Waals surface area contributed by atoms with Crippen LogP contribution in [0.5, 0.6) is 0 Å². The molecule has 0 fully saturated rings. The van der Waals surface area contributed by atoms with E-state index in [1.165, 1.54) is 7.11 Å². The number of carbonyl (C=O) groups is 2. The van der Waals surface area contributed by atoms with E-state index in [0.29, 0.717) is 11.1 Å². The van der Waals surface area contributed by atoms with Gasteiger partial charge in [-0.15, -0.1) is 0 Å². The number of esters is 2. The van der Waals surface area contributed by atoms with Gasteiger partial charge in [0.05, 0.1) is 29.3 Å². The van der Waals surface area contributed by atoms with Crippen LogP contribution >= 0.6 is 0 Å². The van der Waals surface area contributed by atoms with Crippen molar-refractivity contribution < 1.29 is 19.1 Å². The van der Waals surface area contributed by atoms with Gasteiger partial charge in [0.1, 0.15) is 11.4 Å². The Labute approximate surface area is 218 Å². The molecule has 0 aliphatic heterocycles. The Morgan fingerprint density at radius 3 is 2.27 bits per heavy atom. The molecule has 1 aromatic heterocycles. The number of fused-ring (bicyclic) bond motifs is 1. The maximum atomic E-state index is 12.9. The number of hydrogen-bond acceptors (Lipinski definition) is 5. The first-order chi connectivity index (χ1) is 17.6. The van der Waals surface area contributed by atoms with E-state index in [-0.39, 0.29) is 5.97 Å². The van der Waals surface area contributed by atoms with Crippen LogP contribution in [0.25, 0.3) is 27.8 Å². The number of rotatable bonds is 7. The normalized spacial score (nSPS) is 11.5. The van der Waals surface area contributed by atoms with Gasteiger partial charge in [-0.1, -0.05) is 49.7 Å². The molecule has 0 unspecified atom stereocenters. The molecule has 0 aliphatic carbocycles. The molecule has 3 aromatic carbocycles. The van der Waals surface area contributed by atoms with Crippen molar-refractivity contribution in [2.24, 2.45) is 0 Å². The highest BCUT2D eigenvalue weighted by atomic mass is 16.6. The average Bonchev–Trinajstić information content (AvgIpc) is 3.26. The van der Waals surface area contributed by atoms with Gasteiger partial charge < -0.3 is 9.47 Å². The number of aromatic nitrogens is 2. The molecule has 0 bridgehead atoms. The summed E-state index contributed by atoms with van der Waals surface area (Å²) in [5, 5.41) is 0. The maximum absolute atomic E-state index is 12.9. The zero-order valence-corrected chi connectivity index (χ0v) is 22.4. The van der Waals surface area contributed by atoms with Crippen LogP contribution in [0.3, 0.4) is 0 Å². The van der Waals surface area contributed by atoms with Gasteiger partial charge in [-0.2, -0.15) is 0 Å². The molecule has 0 aliphatic rings. The molecule has 6 nitrogen and oxygen atoms in total. The third kappa shape index (κ3) is 5.43. The van der Waals surface area contributed by atoms with Crippen LogP contribution < -0.4 is 0 Å². The zero-order chi connectivity index (χ0) is 26.7. The van der Waals surface area contributed by atoms with Crippen molar-refractivity contribution in [3.63, 3.8) is 0 Å². The number of imidazole rings is 1. The van der Waals surface area contributed by atoms with Crippen LogP contribution in [-0.4, -0.2) is 34.2 Å². The molecule has 0 radical (unpaired) electrons. The van der Waals surface area contributed by atoms with E-state index in [0.717, 1.165) is 58.5 Å². The van der Waals surface area contributed by atoms with Crippen LogP contribution in [0, 0.1) is 6.92 Å². The van der Waals surface area contributed by atoms with E-state index in [2.05, 4.69) is 11.5 Å². The Hall–Kier alpha value is -3.93. The van der Waals surface area contributed by atoms with Crippen LogP contribution in [-0.2, 0) is 15.9 Å². The fraction of sp³-hybridized carbons (Fsp3) is 0.323. The van der Waals surface area contributed by atoms with Crippen LogP contribution in [0.1, 0.15) is 72.6 Å². The van der Waals surface area contributed by atoms with Gasteiger partial charge in [-0.05, 0) is 75.1 Å². The number of unbranched alkanes of at least 4 members (excludes halogenated alkanes) is 1. The van der Waals surface area contributed by atoms with Gasteiger partial charge in [0.15, 0.2) is 0 Å². The summed E-state index contributed by atoms with van der Waals surface area (Å²) in [5.74, 6) is 0.155. The first-order valence-corrected chi connectivity index (χ1v) is 12.7. The third-order valence-corrected chi connectivity index (χ3v) is 6.22. The zero-order valence-electron chi connectivity index (χ0n) is 22.4. The maximum Gasteiger partial charge on any atom is 0.340 e. The molecule has 6 heteroatoms. The number of ether oxygens (including phenoxy) is 2. The number of nitrogens with zero attached hydrogens (tertiary/aromatic N) is 2. The predicted octanol–water partition coefficient (Wildman–Crippen LogP) is 7.09. The molecular weight excluding hydrogens is 464 g/mol. The summed E-state index contributed by atoms with van der Waals surface area (Å²) in [5.41, 5.74) is 5.56. The largest absolute Gasteiger partial charge is 0.465 e. The Morgan fingerprint density at radius 1 is 0.919 bits per heavy atom. The van der Waals surface area contributed by atoms with Crippen molar-refractivity contribution in [1.82, 2.24) is 9.55 Å². The lowest BCUT2D eigenvalue weighted by Crippen LogP contribution is -2.24. The second-order valence-electron chi connectivity index (χ2n) is 10.2. The summed E-state index contributed by atoms with van der Waals surface area (Å²) >= 11 is 0. The quantitative estimate of drug-likeness (QED) is 0.255. The van der Waals surface area contributed by atoms with Crippen LogP contribution in [0.4, 0.5) is 0 Å². The van der Waals surface area contributed by atoms with Crippen molar-refractivity contribution in [3.8, 4) is 16.8 Å². The topological polar surface area (TPSA) is 70.4 Å². The standard InChI is InChI=1S/C31H34N2O4/c1-7-8-13-26-32-27-20(2)14-19-25(29(34)36-6)28(27)33(26)22-17-15-21(16-18-22)23-11-9-10-12-24(23)30(35)37-31(3,4)5/h9-12,14-19H,7-8,13H2,1-6H3. The van der Waals surface area contributed by atoms with E-state index in [4.69, 9.17) is 14.5 Å². The summed E-state index contributed by atoms with van der Waals surface area (Å²) in [6.45, 7) is 9.73. The highest BCUT2D eigenvalue weighted by Crippen LogP contribution is 2.31. The molecule has 0 saturated carbocycles. The smallest absolute Gasteiger partial charge is 0.340 e. The summed E-state index contributed by atoms with van der Waals surface area (Å²) in [6, 6.07) is 19.1. The molecule has 37 heavy (non-hydrogen) atoms. The molecule has 0 saturated heterocycles. The van der Waals surface area contributed by atoms with Gasteiger partial charge >= 0.3 is 11.9 Å². The second-order valence-corrected chi connectivity index (χ2v) is 10.2. The van der Waals surface area contributed by atoms with E-state index in [1.54, 1.807) is 12.1 Å². The first-order valence-electron chi connectivity index (χ1n) is 12.7. The van der Waals surface area contributed by atoms with Gasteiger partial charge in [0, 0.05) is 12.1 Å². The number of benzene rings is 3. The predicted molar refractivity (Wildman–Crippen MR) is 146 cm³/mol. The summed E-state index contributed by atoms with van der Waals surface area (Å²) < 4.78 is 12.8. The van der Waals surface area contributed by atoms with Gasteiger partial charge in [-0.3, -0.25) is 4.57 Å². The van der Waals surface area contributed by atoms with Gasteiger partial charge in [0.25, 0.3) is 0 Å². The fourth-order valence-corrected chi connectivity index (χ4v) is 4.45. The van der Waals surface area contributed by atoms with Crippen LogP contribution in [0.15, 0.2) is 60.7 Å². The SMILES string of the molecule is CCCCc1nc2c(C)ccc(C(=O)OC)c2n1-c1ccc(-c2ccccc2C(=O)OC(C)(C)C)cc1. The van der Waals surface area contributed by atoms with E-state index >= 15 is 0 Å². The fourth-order valence-electron chi connectivity index (χ4n) is 4.45. The molecule has 192 valence electrons. The van der Waals surface area contributed by atoms with Crippen molar-refractivity contribution in [1.29, 1.82) is 0 Å². The molecular formula is C31H34N2O4. The minimum atomic E-state index is -0.582. The number of carbonyl (C=O) groups excluding carboxylic acids is 2. The summed E-state index contributed by atoms with van der Waals surface area (Å²) in [6.07, 6.45) is 2.80. The number of hydrogen-bond donors (Lipinski definition) is 0. The molecule has 4 aromatic rings. The van der Waals surface area contributed by atoms with Crippen LogP contribution in [0.2, 0.25) is 0 Å². The average molecular weight is 499 g/mol. The lowest BCUT2D eigenvalue weighted by atomic mass is 9.99. The molecule has 0 amide bonds. The minimum Gasteiger partial charge on any atom is -0.465 e. The Bertz CT molecular complexity index is 1440. The van der Waals surface area contributed by atoms with Crippen molar-refractivity contribution >= 4 is 23.0 Å².